The third-order valence-corrected chi connectivity index (χ3v) is 4.94. The number of phenols is 1. The second-order valence-electron chi connectivity index (χ2n) is 5.20. The lowest BCUT2D eigenvalue weighted by atomic mass is 10.1. The number of aliphatic carboxylic acids is 1. The molecule has 1 aromatic carbocycles. The number of carbonyl (C=O) groups is 2. The fourth-order valence-electron chi connectivity index (χ4n) is 2.66. The second-order valence-corrected chi connectivity index (χ2v) is 6.91. The Kier molecular flexibility index (Phi) is 4.06. The van der Waals surface area contributed by atoms with Gasteiger partial charge in [0.15, 0.2) is 11.6 Å². The molecule has 8 heteroatoms. The first kappa shape index (κ1) is 16.5. The number of rotatable bonds is 3. The van der Waals surface area contributed by atoms with E-state index in [0.717, 1.165) is 23.5 Å². The summed E-state index contributed by atoms with van der Waals surface area (Å²) in [7, 11) is 0. The number of thiophene rings is 1. The molecule has 3 aromatic rings. The lowest BCUT2D eigenvalue weighted by Crippen LogP contribution is -2.13. The summed E-state index contributed by atoms with van der Waals surface area (Å²) in [6.45, 7) is 1.58. The van der Waals surface area contributed by atoms with Gasteiger partial charge in [0.1, 0.15) is 0 Å². The van der Waals surface area contributed by atoms with Gasteiger partial charge < -0.3 is 10.2 Å². The predicted octanol–water partition coefficient (Wildman–Crippen LogP) is 3.82. The highest BCUT2D eigenvalue weighted by Gasteiger charge is 2.23. The van der Waals surface area contributed by atoms with Crippen molar-refractivity contribution in [3.63, 3.8) is 0 Å². The molecular formula is C16H11ClFNO4S. The molecule has 0 saturated heterocycles. The van der Waals surface area contributed by atoms with Gasteiger partial charge in [-0.25, -0.2) is 4.39 Å². The number of carboxylic acids is 1. The molecule has 0 aliphatic carbocycles. The number of carbonyl (C=O) groups excluding carboxylic acids is 1. The number of benzene rings is 1. The van der Waals surface area contributed by atoms with E-state index in [-0.39, 0.29) is 11.9 Å². The van der Waals surface area contributed by atoms with Gasteiger partial charge in [-0.3, -0.25) is 14.2 Å². The first-order chi connectivity index (χ1) is 11.3. The number of fused-ring (bicyclic) bond motifs is 1. The molecule has 0 aliphatic rings. The highest BCUT2D eigenvalue weighted by atomic mass is 35.5. The SMILES string of the molecule is Cc1c(CC(=O)O)c2cc(O)c(F)cc2n1C(=O)c1ccc(Cl)s1. The molecule has 2 heterocycles. The average Bonchev–Trinajstić information content (AvgIpc) is 3.03. The van der Waals surface area contributed by atoms with Crippen LogP contribution in [0.3, 0.4) is 0 Å². The fraction of sp³-hybridized carbons (Fsp3) is 0.125. The maximum absolute atomic E-state index is 13.8. The Morgan fingerprint density at radius 2 is 2.04 bits per heavy atom. The van der Waals surface area contributed by atoms with Crippen LogP contribution in [0.15, 0.2) is 24.3 Å². The zero-order chi connectivity index (χ0) is 17.6. The minimum Gasteiger partial charge on any atom is -0.505 e. The van der Waals surface area contributed by atoms with Crippen LogP contribution in [0.1, 0.15) is 20.9 Å². The van der Waals surface area contributed by atoms with Crippen molar-refractivity contribution in [2.24, 2.45) is 0 Å². The molecule has 0 bridgehead atoms. The quantitative estimate of drug-likeness (QED) is 0.737. The van der Waals surface area contributed by atoms with Gasteiger partial charge in [-0.1, -0.05) is 11.6 Å². The zero-order valence-electron chi connectivity index (χ0n) is 12.3. The van der Waals surface area contributed by atoms with E-state index in [1.165, 1.54) is 4.57 Å². The lowest BCUT2D eigenvalue weighted by Gasteiger charge is -2.06. The van der Waals surface area contributed by atoms with Crippen LogP contribution < -0.4 is 0 Å². The van der Waals surface area contributed by atoms with Gasteiger partial charge >= 0.3 is 5.97 Å². The molecule has 2 N–H and O–H groups in total. The number of halogens is 2. The van der Waals surface area contributed by atoms with Crippen LogP contribution in [-0.2, 0) is 11.2 Å². The normalized spacial score (nSPS) is 11.1. The Hall–Kier alpha value is -2.38. The summed E-state index contributed by atoms with van der Waals surface area (Å²) in [6, 6.07) is 5.29. The molecule has 0 amide bonds. The Morgan fingerprint density at radius 1 is 1.33 bits per heavy atom. The standard InChI is InChI=1S/C16H11ClFNO4S/c1-7-8(5-15(21)22)9-4-12(20)10(18)6-11(9)19(7)16(23)13-2-3-14(17)24-13/h2-4,6,20H,5H2,1H3,(H,21,22). The molecule has 0 unspecified atom stereocenters. The Morgan fingerprint density at radius 3 is 2.62 bits per heavy atom. The van der Waals surface area contributed by atoms with Crippen molar-refractivity contribution in [3.05, 3.63) is 50.6 Å². The van der Waals surface area contributed by atoms with Crippen LogP contribution in [0, 0.1) is 12.7 Å². The zero-order valence-corrected chi connectivity index (χ0v) is 13.9. The van der Waals surface area contributed by atoms with Gasteiger partial charge in [-0.05, 0) is 30.7 Å². The molecule has 0 atom stereocenters. The van der Waals surface area contributed by atoms with Crippen LogP contribution in [0.25, 0.3) is 10.9 Å². The molecular weight excluding hydrogens is 357 g/mol. The first-order valence-corrected chi connectivity index (χ1v) is 8.03. The Labute approximate surface area is 144 Å². The molecule has 0 spiro atoms. The smallest absolute Gasteiger partial charge is 0.307 e. The Bertz CT molecular complexity index is 992. The number of hydrogen-bond donors (Lipinski definition) is 2. The van der Waals surface area contributed by atoms with Crippen molar-refractivity contribution in [2.45, 2.75) is 13.3 Å². The van der Waals surface area contributed by atoms with E-state index in [9.17, 15) is 19.1 Å². The summed E-state index contributed by atoms with van der Waals surface area (Å²) in [5.41, 5.74) is 0.935. The first-order valence-electron chi connectivity index (χ1n) is 6.83. The van der Waals surface area contributed by atoms with Crippen LogP contribution in [0.5, 0.6) is 5.75 Å². The number of aromatic nitrogens is 1. The van der Waals surface area contributed by atoms with Gasteiger partial charge in [0.2, 0.25) is 0 Å². The predicted molar refractivity (Wildman–Crippen MR) is 88.7 cm³/mol. The number of hydrogen-bond acceptors (Lipinski definition) is 4. The highest BCUT2D eigenvalue weighted by Crippen LogP contribution is 2.33. The van der Waals surface area contributed by atoms with Crippen LogP contribution in [0.4, 0.5) is 4.39 Å². The highest BCUT2D eigenvalue weighted by molar-refractivity contribution is 7.18. The van der Waals surface area contributed by atoms with E-state index in [1.54, 1.807) is 19.1 Å². The lowest BCUT2D eigenvalue weighted by molar-refractivity contribution is -0.136. The number of aromatic hydroxyl groups is 1. The molecule has 0 saturated carbocycles. The minimum absolute atomic E-state index is 0.202. The monoisotopic (exact) mass is 367 g/mol. The molecule has 2 aromatic heterocycles. The molecule has 24 heavy (non-hydrogen) atoms. The largest absolute Gasteiger partial charge is 0.505 e. The Balaban J connectivity index is 2.30. The van der Waals surface area contributed by atoms with Gasteiger partial charge in [-0.2, -0.15) is 0 Å². The maximum Gasteiger partial charge on any atom is 0.307 e. The number of carboxylic acid groups (broad SMARTS) is 1. The van der Waals surface area contributed by atoms with E-state index in [1.807, 2.05) is 0 Å². The molecule has 0 radical (unpaired) electrons. The molecule has 3 rings (SSSR count). The average molecular weight is 368 g/mol. The van der Waals surface area contributed by atoms with E-state index >= 15 is 0 Å². The summed E-state index contributed by atoms with van der Waals surface area (Å²) in [4.78, 5) is 24.2. The van der Waals surface area contributed by atoms with Crippen molar-refractivity contribution in [1.82, 2.24) is 4.57 Å². The fourth-order valence-corrected chi connectivity index (χ4v) is 3.64. The summed E-state index contributed by atoms with van der Waals surface area (Å²) < 4.78 is 15.5. The number of phenolic OH excluding ortho intramolecular Hbond substituents is 1. The topological polar surface area (TPSA) is 79.5 Å². The van der Waals surface area contributed by atoms with Crippen LogP contribution >= 0.6 is 22.9 Å². The van der Waals surface area contributed by atoms with Crippen LogP contribution in [0.2, 0.25) is 4.34 Å². The maximum atomic E-state index is 13.8. The van der Waals surface area contributed by atoms with Crippen molar-refractivity contribution in [2.75, 3.05) is 0 Å². The van der Waals surface area contributed by atoms with Crippen molar-refractivity contribution >= 4 is 45.7 Å². The van der Waals surface area contributed by atoms with Gasteiger partial charge in [-0.15, -0.1) is 11.3 Å². The van der Waals surface area contributed by atoms with Crippen molar-refractivity contribution in [1.29, 1.82) is 0 Å². The van der Waals surface area contributed by atoms with E-state index in [4.69, 9.17) is 16.7 Å². The van der Waals surface area contributed by atoms with E-state index in [2.05, 4.69) is 0 Å². The van der Waals surface area contributed by atoms with E-state index in [0.29, 0.717) is 25.9 Å². The third-order valence-electron chi connectivity index (χ3n) is 3.72. The third kappa shape index (κ3) is 2.65. The second kappa shape index (κ2) is 5.92. The summed E-state index contributed by atoms with van der Waals surface area (Å²) in [6.07, 6.45) is -0.348. The van der Waals surface area contributed by atoms with Crippen molar-refractivity contribution < 1.29 is 24.2 Å². The minimum atomic E-state index is -1.09. The molecule has 0 fully saturated rings. The summed E-state index contributed by atoms with van der Waals surface area (Å²) in [5.74, 6) is -3.01. The van der Waals surface area contributed by atoms with Gasteiger partial charge in [0.25, 0.3) is 5.91 Å². The molecule has 124 valence electrons. The molecule has 0 aliphatic heterocycles. The van der Waals surface area contributed by atoms with Gasteiger partial charge in [0, 0.05) is 17.1 Å². The summed E-state index contributed by atoms with van der Waals surface area (Å²) >= 11 is 6.93. The van der Waals surface area contributed by atoms with Crippen molar-refractivity contribution in [3.8, 4) is 5.75 Å². The van der Waals surface area contributed by atoms with E-state index < -0.39 is 23.4 Å². The van der Waals surface area contributed by atoms with Gasteiger partial charge in [0.05, 0.1) is 21.2 Å². The summed E-state index contributed by atoms with van der Waals surface area (Å²) in [5, 5.41) is 19.0. The van der Waals surface area contributed by atoms with Crippen LogP contribution in [-0.4, -0.2) is 26.7 Å². The molecule has 5 nitrogen and oxygen atoms in total. The number of nitrogens with zero attached hydrogens (tertiary/aromatic N) is 1.